The van der Waals surface area contributed by atoms with Crippen LogP contribution in [0.2, 0.25) is 12.1 Å². The van der Waals surface area contributed by atoms with Gasteiger partial charge in [0, 0.05) is 28.4 Å². The zero-order valence-electron chi connectivity index (χ0n) is 10.0. The van der Waals surface area contributed by atoms with Crippen molar-refractivity contribution >= 4 is 16.2 Å². The molecule has 0 heterocycles. The van der Waals surface area contributed by atoms with Gasteiger partial charge in [0.2, 0.25) is 0 Å². The molecule has 0 radical (unpaired) electrons. The molecule has 0 aliphatic rings. The molecule has 86 valence electrons. The van der Waals surface area contributed by atoms with Gasteiger partial charge in [-0.3, -0.25) is 0 Å². The quantitative estimate of drug-likeness (QED) is 0.631. The van der Waals surface area contributed by atoms with E-state index < -0.39 is 16.2 Å². The Morgan fingerprint density at radius 1 is 0.643 bits per heavy atom. The molecule has 0 aromatic rings. The first-order valence-corrected chi connectivity index (χ1v) is 9.87. The minimum absolute atomic E-state index is 0.849. The van der Waals surface area contributed by atoms with Crippen LogP contribution in [0.25, 0.3) is 0 Å². The van der Waals surface area contributed by atoms with Crippen molar-refractivity contribution in [2.45, 2.75) is 25.9 Å². The Morgan fingerprint density at radius 3 is 0.929 bits per heavy atom. The lowest BCUT2D eigenvalue weighted by Gasteiger charge is -2.39. The summed E-state index contributed by atoms with van der Waals surface area (Å²) < 4.78 is 22.4. The summed E-state index contributed by atoms with van der Waals surface area (Å²) in [6.07, 6.45) is 0. The largest absolute Gasteiger partial charge is 0.397 e. The Hall–Kier alpha value is 0.274. The van der Waals surface area contributed by atoms with E-state index in [1.54, 1.807) is 28.4 Å². The van der Waals surface area contributed by atoms with Crippen molar-refractivity contribution in [2.24, 2.45) is 0 Å². The van der Waals surface area contributed by atoms with Crippen LogP contribution in [-0.4, -0.2) is 44.6 Å². The van der Waals surface area contributed by atoms with Crippen molar-refractivity contribution in [3.8, 4) is 0 Å². The maximum atomic E-state index is 5.60. The molecule has 0 aliphatic carbocycles. The first kappa shape index (κ1) is 14.3. The summed E-state index contributed by atoms with van der Waals surface area (Å²) >= 11 is 0. The predicted octanol–water partition coefficient (Wildman–Crippen LogP) is 1.57. The Morgan fingerprint density at radius 2 is 0.857 bits per heavy atom. The summed E-state index contributed by atoms with van der Waals surface area (Å²) in [4.78, 5) is 0. The van der Waals surface area contributed by atoms with Crippen molar-refractivity contribution < 1.29 is 17.7 Å². The van der Waals surface area contributed by atoms with Crippen molar-refractivity contribution in [1.29, 1.82) is 0 Å². The zero-order chi connectivity index (χ0) is 11.2. The van der Waals surface area contributed by atoms with Crippen LogP contribution in [0.3, 0.4) is 0 Å². The maximum Gasteiger partial charge on any atom is 0.383 e. The standard InChI is InChI=1S/C8H22O4Si2/c1-7-13(9-3,10-4)14(8-2,11-5)12-6/h7-8H2,1-6H3. The number of rotatable bonds is 7. The molecule has 4 nitrogen and oxygen atoms in total. The molecule has 0 bridgehead atoms. The molecule has 0 saturated carbocycles. The van der Waals surface area contributed by atoms with Crippen LogP contribution >= 0.6 is 0 Å². The smallest absolute Gasteiger partial charge is 0.383 e. The molecule has 0 aliphatic heterocycles. The average Bonchev–Trinajstić information content (AvgIpc) is 2.27. The van der Waals surface area contributed by atoms with Crippen molar-refractivity contribution in [3.05, 3.63) is 0 Å². The van der Waals surface area contributed by atoms with Gasteiger partial charge < -0.3 is 17.7 Å². The first-order chi connectivity index (χ1) is 6.61. The highest BCUT2D eigenvalue weighted by molar-refractivity contribution is 7.32. The molecule has 0 spiro atoms. The zero-order valence-corrected chi connectivity index (χ0v) is 12.0. The fourth-order valence-electron chi connectivity index (χ4n) is 1.90. The van der Waals surface area contributed by atoms with Gasteiger partial charge in [0.05, 0.1) is 0 Å². The van der Waals surface area contributed by atoms with Crippen LogP contribution < -0.4 is 0 Å². The topological polar surface area (TPSA) is 36.9 Å². The summed E-state index contributed by atoms with van der Waals surface area (Å²) in [5, 5.41) is 0. The van der Waals surface area contributed by atoms with Crippen molar-refractivity contribution in [3.63, 3.8) is 0 Å². The number of hydrogen-bond donors (Lipinski definition) is 0. The minimum Gasteiger partial charge on any atom is -0.397 e. The van der Waals surface area contributed by atoms with E-state index in [1.165, 1.54) is 0 Å². The third-order valence-corrected chi connectivity index (χ3v) is 16.5. The molecule has 0 rings (SSSR count). The van der Waals surface area contributed by atoms with Crippen molar-refractivity contribution in [1.82, 2.24) is 0 Å². The van der Waals surface area contributed by atoms with Gasteiger partial charge >= 0.3 is 16.2 Å². The van der Waals surface area contributed by atoms with Gasteiger partial charge in [-0.05, 0) is 12.1 Å². The summed E-state index contributed by atoms with van der Waals surface area (Å²) in [5.74, 6) is 0. The van der Waals surface area contributed by atoms with Gasteiger partial charge in [0.25, 0.3) is 0 Å². The Kier molecular flexibility index (Phi) is 6.11. The highest BCUT2D eigenvalue weighted by atomic mass is 29.3. The molecule has 14 heavy (non-hydrogen) atoms. The van der Waals surface area contributed by atoms with Crippen LogP contribution in [-0.2, 0) is 17.7 Å². The molecule has 0 aromatic carbocycles. The maximum absolute atomic E-state index is 5.60. The van der Waals surface area contributed by atoms with Gasteiger partial charge in [-0.1, -0.05) is 13.8 Å². The molecule has 6 heteroatoms. The molecule has 0 fully saturated rings. The molecule has 0 saturated heterocycles. The molecule has 0 atom stereocenters. The Balaban J connectivity index is 5.08. The number of hydrogen-bond acceptors (Lipinski definition) is 4. The molecular weight excluding hydrogens is 216 g/mol. The fourth-order valence-corrected chi connectivity index (χ4v) is 12.7. The second-order valence-electron chi connectivity index (χ2n) is 3.03. The van der Waals surface area contributed by atoms with E-state index >= 15 is 0 Å². The van der Waals surface area contributed by atoms with E-state index in [0.29, 0.717) is 0 Å². The monoisotopic (exact) mass is 238 g/mol. The summed E-state index contributed by atoms with van der Waals surface area (Å²) in [6, 6.07) is 1.70. The SMILES string of the molecule is CC[Si](OC)(OC)[Si](CC)(OC)OC. The van der Waals surface area contributed by atoms with E-state index in [0.717, 1.165) is 12.1 Å². The second-order valence-corrected chi connectivity index (χ2v) is 13.7. The first-order valence-electron chi connectivity index (χ1n) is 4.82. The van der Waals surface area contributed by atoms with E-state index in [9.17, 15) is 0 Å². The van der Waals surface area contributed by atoms with Crippen LogP contribution in [0, 0.1) is 0 Å². The molecule has 0 amide bonds. The lowest BCUT2D eigenvalue weighted by atomic mass is 11.0. The molecular formula is C8H22O4Si2. The van der Waals surface area contributed by atoms with Gasteiger partial charge in [-0.2, -0.15) is 0 Å². The van der Waals surface area contributed by atoms with Crippen LogP contribution in [0.5, 0.6) is 0 Å². The van der Waals surface area contributed by atoms with Crippen LogP contribution in [0.4, 0.5) is 0 Å². The minimum atomic E-state index is -2.30. The van der Waals surface area contributed by atoms with Gasteiger partial charge in [0.15, 0.2) is 0 Å². The highest BCUT2D eigenvalue weighted by Crippen LogP contribution is 2.28. The molecule has 0 unspecified atom stereocenters. The van der Waals surface area contributed by atoms with Crippen LogP contribution in [0.15, 0.2) is 0 Å². The van der Waals surface area contributed by atoms with E-state index in [2.05, 4.69) is 13.8 Å². The predicted molar refractivity (Wildman–Crippen MR) is 60.5 cm³/mol. The molecule has 0 N–H and O–H groups in total. The normalized spacial score (nSPS) is 13.3. The van der Waals surface area contributed by atoms with Gasteiger partial charge in [-0.25, -0.2) is 0 Å². The molecule has 0 aromatic heterocycles. The Bertz CT molecular complexity index is 123. The Labute approximate surface area is 88.8 Å². The van der Waals surface area contributed by atoms with Crippen LogP contribution in [0.1, 0.15) is 13.8 Å². The third kappa shape index (κ3) is 2.10. The highest BCUT2D eigenvalue weighted by Gasteiger charge is 2.60. The van der Waals surface area contributed by atoms with Gasteiger partial charge in [-0.15, -0.1) is 0 Å². The van der Waals surface area contributed by atoms with E-state index in [1.807, 2.05) is 0 Å². The third-order valence-electron chi connectivity index (χ3n) is 2.83. The average molecular weight is 238 g/mol. The van der Waals surface area contributed by atoms with Crippen molar-refractivity contribution in [2.75, 3.05) is 28.4 Å². The summed E-state index contributed by atoms with van der Waals surface area (Å²) in [6.45, 7) is 4.13. The lowest BCUT2D eigenvalue weighted by molar-refractivity contribution is 0.202. The fraction of sp³-hybridized carbons (Fsp3) is 1.00. The van der Waals surface area contributed by atoms with E-state index in [4.69, 9.17) is 17.7 Å². The lowest BCUT2D eigenvalue weighted by Crippen LogP contribution is -2.68. The summed E-state index contributed by atoms with van der Waals surface area (Å²) in [5.41, 5.74) is 0. The van der Waals surface area contributed by atoms with E-state index in [-0.39, 0.29) is 0 Å². The second kappa shape index (κ2) is 5.99. The summed E-state index contributed by atoms with van der Waals surface area (Å²) in [7, 11) is 2.15. The van der Waals surface area contributed by atoms with Gasteiger partial charge in [0.1, 0.15) is 0 Å².